The molecule has 1 aliphatic rings. The van der Waals surface area contributed by atoms with Crippen molar-refractivity contribution in [3.63, 3.8) is 0 Å². The van der Waals surface area contributed by atoms with Gasteiger partial charge in [0.2, 0.25) is 0 Å². The molecule has 1 aliphatic carbocycles. The molecule has 1 aromatic heterocycles. The maximum Gasteiger partial charge on any atom is 0.329 e. The standard InChI is InChI=1S/C14H21N3O3/c1-3-10-8-11(17-16-10)12(18)15-14(13(19)20)6-4-9(2)5-7-14/h8-9H,3-7H2,1-2H3,(H,15,18)(H,16,17)(H,19,20). The van der Waals surface area contributed by atoms with E-state index in [-0.39, 0.29) is 5.69 Å². The Morgan fingerprint density at radius 1 is 1.50 bits per heavy atom. The summed E-state index contributed by atoms with van der Waals surface area (Å²) in [6.45, 7) is 4.06. The first-order valence-corrected chi connectivity index (χ1v) is 7.07. The first-order valence-electron chi connectivity index (χ1n) is 7.07. The zero-order valence-corrected chi connectivity index (χ0v) is 11.9. The van der Waals surface area contributed by atoms with Gasteiger partial charge in [-0.05, 0) is 44.1 Å². The first kappa shape index (κ1) is 14.6. The van der Waals surface area contributed by atoms with Crippen molar-refractivity contribution >= 4 is 11.9 Å². The van der Waals surface area contributed by atoms with Crippen LogP contribution in [0.4, 0.5) is 0 Å². The van der Waals surface area contributed by atoms with E-state index in [0.717, 1.165) is 25.0 Å². The number of amides is 1. The van der Waals surface area contributed by atoms with Gasteiger partial charge >= 0.3 is 5.97 Å². The molecule has 6 heteroatoms. The molecule has 0 spiro atoms. The smallest absolute Gasteiger partial charge is 0.329 e. The predicted molar refractivity (Wildman–Crippen MR) is 73.4 cm³/mol. The van der Waals surface area contributed by atoms with Crippen LogP contribution >= 0.6 is 0 Å². The molecule has 1 aromatic rings. The van der Waals surface area contributed by atoms with Crippen LogP contribution in [0.15, 0.2) is 6.07 Å². The molecule has 110 valence electrons. The third kappa shape index (κ3) is 2.84. The van der Waals surface area contributed by atoms with E-state index < -0.39 is 17.4 Å². The van der Waals surface area contributed by atoms with E-state index in [1.165, 1.54) is 0 Å². The summed E-state index contributed by atoms with van der Waals surface area (Å²) in [5, 5.41) is 18.9. The van der Waals surface area contributed by atoms with E-state index in [2.05, 4.69) is 22.4 Å². The first-order chi connectivity index (χ1) is 9.47. The van der Waals surface area contributed by atoms with Gasteiger partial charge in [-0.2, -0.15) is 5.10 Å². The summed E-state index contributed by atoms with van der Waals surface area (Å²) in [7, 11) is 0. The third-order valence-electron chi connectivity index (χ3n) is 4.13. The second kappa shape index (κ2) is 5.64. The van der Waals surface area contributed by atoms with Gasteiger partial charge in [0, 0.05) is 5.69 Å². The number of nitrogens with one attached hydrogen (secondary N) is 2. The zero-order valence-electron chi connectivity index (χ0n) is 11.9. The van der Waals surface area contributed by atoms with Crippen LogP contribution in [-0.4, -0.2) is 32.7 Å². The Bertz CT molecular complexity index is 502. The molecule has 0 saturated heterocycles. The molecule has 0 aromatic carbocycles. The van der Waals surface area contributed by atoms with Crippen LogP contribution in [0.1, 0.15) is 55.7 Å². The van der Waals surface area contributed by atoms with Crippen molar-refractivity contribution in [2.24, 2.45) is 5.92 Å². The molecule has 20 heavy (non-hydrogen) atoms. The summed E-state index contributed by atoms with van der Waals surface area (Å²) >= 11 is 0. The summed E-state index contributed by atoms with van der Waals surface area (Å²) in [6, 6.07) is 1.66. The Labute approximate surface area is 118 Å². The molecule has 3 N–H and O–H groups in total. The minimum Gasteiger partial charge on any atom is -0.480 e. The fraction of sp³-hybridized carbons (Fsp3) is 0.643. The number of hydrogen-bond acceptors (Lipinski definition) is 3. The number of aromatic amines is 1. The van der Waals surface area contributed by atoms with Crippen molar-refractivity contribution in [3.05, 3.63) is 17.5 Å². The zero-order chi connectivity index (χ0) is 14.8. The second-order valence-electron chi connectivity index (χ2n) is 5.66. The van der Waals surface area contributed by atoms with E-state index in [0.29, 0.717) is 18.8 Å². The van der Waals surface area contributed by atoms with Crippen LogP contribution in [-0.2, 0) is 11.2 Å². The monoisotopic (exact) mass is 279 g/mol. The van der Waals surface area contributed by atoms with Gasteiger partial charge in [-0.1, -0.05) is 13.8 Å². The lowest BCUT2D eigenvalue weighted by Gasteiger charge is -2.36. The minimum atomic E-state index is -1.14. The lowest BCUT2D eigenvalue weighted by atomic mass is 9.77. The number of hydrogen-bond donors (Lipinski definition) is 3. The molecule has 2 rings (SSSR count). The lowest BCUT2D eigenvalue weighted by molar-refractivity contribution is -0.146. The van der Waals surface area contributed by atoms with Gasteiger partial charge < -0.3 is 10.4 Å². The fourth-order valence-electron chi connectivity index (χ4n) is 2.59. The molecule has 0 radical (unpaired) electrons. The van der Waals surface area contributed by atoms with Crippen molar-refractivity contribution in [3.8, 4) is 0 Å². The fourth-order valence-corrected chi connectivity index (χ4v) is 2.59. The number of rotatable bonds is 4. The van der Waals surface area contributed by atoms with E-state index in [1.54, 1.807) is 6.07 Å². The summed E-state index contributed by atoms with van der Waals surface area (Å²) in [5.74, 6) is -0.863. The molecule has 1 heterocycles. The van der Waals surface area contributed by atoms with Gasteiger partial charge in [-0.25, -0.2) is 4.79 Å². The molecule has 0 aliphatic heterocycles. The number of nitrogens with zero attached hydrogens (tertiary/aromatic N) is 1. The number of aryl methyl sites for hydroxylation is 1. The highest BCUT2D eigenvalue weighted by Crippen LogP contribution is 2.32. The van der Waals surface area contributed by atoms with E-state index >= 15 is 0 Å². The van der Waals surface area contributed by atoms with Gasteiger partial charge in [0.25, 0.3) is 5.91 Å². The second-order valence-corrected chi connectivity index (χ2v) is 5.66. The quantitative estimate of drug-likeness (QED) is 0.782. The topological polar surface area (TPSA) is 95.1 Å². The molecule has 0 atom stereocenters. The Hall–Kier alpha value is -1.85. The number of carbonyl (C=O) groups excluding carboxylic acids is 1. The Morgan fingerprint density at radius 3 is 2.65 bits per heavy atom. The summed E-state index contributed by atoms with van der Waals surface area (Å²) in [6.07, 6.45) is 3.32. The number of carboxylic acids is 1. The average molecular weight is 279 g/mol. The van der Waals surface area contributed by atoms with Gasteiger partial charge in [0.05, 0.1) is 0 Å². The Balaban J connectivity index is 2.12. The van der Waals surface area contributed by atoms with Crippen molar-refractivity contribution in [2.75, 3.05) is 0 Å². The number of carboxylic acid groups (broad SMARTS) is 1. The molecule has 1 amide bonds. The number of aliphatic carboxylic acids is 1. The number of aromatic nitrogens is 2. The van der Waals surface area contributed by atoms with Crippen molar-refractivity contribution < 1.29 is 14.7 Å². The Morgan fingerprint density at radius 2 is 2.15 bits per heavy atom. The Kier molecular flexibility index (Phi) is 4.11. The normalized spacial score (nSPS) is 26.2. The summed E-state index contributed by atoms with van der Waals surface area (Å²) in [4.78, 5) is 23.7. The van der Waals surface area contributed by atoms with Crippen LogP contribution in [0.3, 0.4) is 0 Å². The molecular weight excluding hydrogens is 258 g/mol. The lowest BCUT2D eigenvalue weighted by Crippen LogP contribution is -2.56. The van der Waals surface area contributed by atoms with E-state index in [1.807, 2.05) is 6.92 Å². The van der Waals surface area contributed by atoms with Gasteiger partial charge in [0.15, 0.2) is 0 Å². The summed E-state index contributed by atoms with van der Waals surface area (Å²) < 4.78 is 0. The highest BCUT2D eigenvalue weighted by atomic mass is 16.4. The largest absolute Gasteiger partial charge is 0.480 e. The molecule has 6 nitrogen and oxygen atoms in total. The minimum absolute atomic E-state index is 0.251. The van der Waals surface area contributed by atoms with Crippen LogP contribution < -0.4 is 5.32 Å². The van der Waals surface area contributed by atoms with E-state index in [4.69, 9.17) is 0 Å². The van der Waals surface area contributed by atoms with E-state index in [9.17, 15) is 14.7 Å². The van der Waals surface area contributed by atoms with Gasteiger partial charge in [-0.15, -0.1) is 0 Å². The predicted octanol–water partition coefficient (Wildman–Crippen LogP) is 1.74. The van der Waals surface area contributed by atoms with Gasteiger partial charge in [0.1, 0.15) is 11.2 Å². The maximum absolute atomic E-state index is 12.2. The third-order valence-corrected chi connectivity index (χ3v) is 4.13. The average Bonchev–Trinajstić information content (AvgIpc) is 2.90. The highest BCUT2D eigenvalue weighted by Gasteiger charge is 2.42. The molecule has 0 unspecified atom stereocenters. The van der Waals surface area contributed by atoms with Gasteiger partial charge in [-0.3, -0.25) is 9.89 Å². The van der Waals surface area contributed by atoms with Crippen LogP contribution in [0.5, 0.6) is 0 Å². The van der Waals surface area contributed by atoms with Crippen molar-refractivity contribution in [1.29, 1.82) is 0 Å². The van der Waals surface area contributed by atoms with Crippen LogP contribution in [0, 0.1) is 5.92 Å². The maximum atomic E-state index is 12.2. The number of H-pyrrole nitrogens is 1. The van der Waals surface area contributed by atoms with Crippen LogP contribution in [0.25, 0.3) is 0 Å². The van der Waals surface area contributed by atoms with Crippen molar-refractivity contribution in [2.45, 2.75) is 51.5 Å². The van der Waals surface area contributed by atoms with Crippen LogP contribution in [0.2, 0.25) is 0 Å². The molecule has 1 saturated carbocycles. The molecule has 1 fully saturated rings. The summed E-state index contributed by atoms with van der Waals surface area (Å²) in [5.41, 5.74) is -0.0348. The molecular formula is C14H21N3O3. The highest BCUT2D eigenvalue weighted by molar-refractivity contribution is 5.96. The SMILES string of the molecule is CCc1cc(C(=O)NC2(C(=O)O)CCC(C)CC2)n[nH]1. The molecule has 0 bridgehead atoms. The number of carbonyl (C=O) groups is 2. The van der Waals surface area contributed by atoms with Crippen molar-refractivity contribution in [1.82, 2.24) is 15.5 Å².